The third-order valence-corrected chi connectivity index (χ3v) is 5.30. The molecule has 0 unspecified atom stereocenters. The highest BCUT2D eigenvalue weighted by Gasteiger charge is 2.23. The summed E-state index contributed by atoms with van der Waals surface area (Å²) < 4.78 is 16.8. The molecule has 0 aromatic carbocycles. The first kappa shape index (κ1) is 19.8. The number of carbonyl (C=O) groups is 2. The van der Waals surface area contributed by atoms with Crippen LogP contribution >= 0.6 is 11.3 Å². The van der Waals surface area contributed by atoms with Crippen molar-refractivity contribution in [2.45, 2.75) is 40.3 Å². The van der Waals surface area contributed by atoms with E-state index in [0.29, 0.717) is 32.2 Å². The zero-order valence-corrected chi connectivity index (χ0v) is 17.0. The van der Waals surface area contributed by atoms with E-state index in [1.807, 2.05) is 0 Å². The number of thiophene rings is 1. The van der Waals surface area contributed by atoms with E-state index in [4.69, 9.17) is 9.15 Å². The molecule has 0 amide bonds. The van der Waals surface area contributed by atoms with Crippen LogP contribution in [0.1, 0.15) is 51.2 Å². The Bertz CT molecular complexity index is 1120. The summed E-state index contributed by atoms with van der Waals surface area (Å²) >= 11 is 1.14. The molecule has 8 nitrogen and oxygen atoms in total. The van der Waals surface area contributed by atoms with Gasteiger partial charge in [-0.2, -0.15) is 0 Å². The van der Waals surface area contributed by atoms with Crippen LogP contribution in [0.3, 0.4) is 0 Å². The Hall–Kier alpha value is -2.94. The molecule has 3 aromatic heterocycles. The smallest absolute Gasteiger partial charge is 0.373 e. The number of fused-ring (bicyclic) bond motifs is 1. The number of aromatic nitrogens is 2. The minimum absolute atomic E-state index is 0.0580. The van der Waals surface area contributed by atoms with Crippen molar-refractivity contribution in [2.24, 2.45) is 0 Å². The van der Waals surface area contributed by atoms with E-state index < -0.39 is 11.9 Å². The molecule has 0 radical (unpaired) electrons. The monoisotopic (exact) mass is 404 g/mol. The van der Waals surface area contributed by atoms with Gasteiger partial charge >= 0.3 is 11.9 Å². The van der Waals surface area contributed by atoms with Crippen LogP contribution in [0.2, 0.25) is 0 Å². The summed E-state index contributed by atoms with van der Waals surface area (Å²) in [5, 5.41) is 0.381. The lowest BCUT2D eigenvalue weighted by atomic mass is 10.2. The van der Waals surface area contributed by atoms with Gasteiger partial charge in [0, 0.05) is 0 Å². The number of carbonyl (C=O) groups excluding carboxylic acids is 2. The SMILES string of the molecule is COC(=O)c1ccc(Cn2c(C)nc3sc(C(=O)OC(C)C)c(C)c3c2=O)o1. The van der Waals surface area contributed by atoms with Crippen LogP contribution in [0.25, 0.3) is 10.2 Å². The Morgan fingerprint density at radius 3 is 2.61 bits per heavy atom. The number of nitrogens with zero attached hydrogens (tertiary/aromatic N) is 2. The number of furan rings is 1. The van der Waals surface area contributed by atoms with Gasteiger partial charge in [0.25, 0.3) is 5.56 Å². The molecule has 9 heteroatoms. The van der Waals surface area contributed by atoms with Gasteiger partial charge in [-0.15, -0.1) is 11.3 Å². The first-order valence-corrected chi connectivity index (χ1v) is 9.43. The Balaban J connectivity index is 2.04. The van der Waals surface area contributed by atoms with E-state index in [0.717, 1.165) is 11.3 Å². The van der Waals surface area contributed by atoms with Crippen LogP contribution in [-0.4, -0.2) is 34.7 Å². The van der Waals surface area contributed by atoms with Gasteiger partial charge in [0.05, 0.1) is 25.1 Å². The molecule has 0 bridgehead atoms. The van der Waals surface area contributed by atoms with Crippen molar-refractivity contribution in [3.05, 3.63) is 50.3 Å². The number of ether oxygens (including phenoxy) is 2. The van der Waals surface area contributed by atoms with Crippen LogP contribution < -0.4 is 5.56 Å². The molecular formula is C19H20N2O6S. The number of methoxy groups -OCH3 is 1. The molecule has 0 spiro atoms. The maximum absolute atomic E-state index is 13.1. The van der Waals surface area contributed by atoms with E-state index in [9.17, 15) is 14.4 Å². The van der Waals surface area contributed by atoms with Crippen molar-refractivity contribution in [3.8, 4) is 0 Å². The summed E-state index contributed by atoms with van der Waals surface area (Å²) in [7, 11) is 1.26. The fourth-order valence-corrected chi connectivity index (χ4v) is 3.90. The standard InChI is InChI=1S/C19H20N2O6S/c1-9(2)26-19(24)15-10(3)14-16(28-15)20-11(4)21(17(14)22)8-12-6-7-13(27-12)18(23)25-5/h6-7,9H,8H2,1-5H3. The lowest BCUT2D eigenvalue weighted by Gasteiger charge is -2.08. The molecule has 0 N–H and O–H groups in total. The van der Waals surface area contributed by atoms with Crippen molar-refractivity contribution < 1.29 is 23.5 Å². The minimum Gasteiger partial charge on any atom is -0.463 e. The van der Waals surface area contributed by atoms with E-state index >= 15 is 0 Å². The summed E-state index contributed by atoms with van der Waals surface area (Å²) in [6, 6.07) is 3.09. The van der Waals surface area contributed by atoms with Crippen molar-refractivity contribution >= 4 is 33.5 Å². The third kappa shape index (κ3) is 3.57. The molecular weight excluding hydrogens is 384 g/mol. The lowest BCUT2D eigenvalue weighted by Crippen LogP contribution is -2.24. The molecule has 0 aliphatic carbocycles. The summed E-state index contributed by atoms with van der Waals surface area (Å²) in [6.45, 7) is 7.04. The number of rotatable bonds is 5. The number of esters is 2. The molecule has 3 heterocycles. The molecule has 0 atom stereocenters. The van der Waals surface area contributed by atoms with Crippen LogP contribution in [0.4, 0.5) is 0 Å². The third-order valence-electron chi connectivity index (χ3n) is 4.13. The molecule has 3 rings (SSSR count). The van der Waals surface area contributed by atoms with Gasteiger partial charge in [0.2, 0.25) is 5.76 Å². The van der Waals surface area contributed by atoms with Gasteiger partial charge in [-0.3, -0.25) is 9.36 Å². The molecule has 0 saturated heterocycles. The predicted octanol–water partition coefficient (Wildman–Crippen LogP) is 3.07. The average molecular weight is 404 g/mol. The van der Waals surface area contributed by atoms with Gasteiger partial charge in [-0.1, -0.05) is 0 Å². The van der Waals surface area contributed by atoms with Crippen molar-refractivity contribution in [1.29, 1.82) is 0 Å². The zero-order chi connectivity index (χ0) is 20.6. The van der Waals surface area contributed by atoms with Gasteiger partial charge < -0.3 is 13.9 Å². The second-order valence-corrected chi connectivity index (χ2v) is 7.50. The number of hydrogen-bond acceptors (Lipinski definition) is 8. The largest absolute Gasteiger partial charge is 0.463 e. The van der Waals surface area contributed by atoms with Gasteiger partial charge in [-0.25, -0.2) is 14.6 Å². The van der Waals surface area contributed by atoms with Gasteiger partial charge in [-0.05, 0) is 45.4 Å². The quantitative estimate of drug-likeness (QED) is 0.602. The summed E-state index contributed by atoms with van der Waals surface area (Å²) in [5.41, 5.74) is 0.266. The first-order valence-electron chi connectivity index (χ1n) is 8.61. The Morgan fingerprint density at radius 2 is 1.96 bits per heavy atom. The molecule has 148 valence electrons. The molecule has 0 fully saturated rings. The van der Waals surface area contributed by atoms with Crippen LogP contribution in [-0.2, 0) is 16.0 Å². The Kier molecular flexibility index (Phi) is 5.37. The zero-order valence-electron chi connectivity index (χ0n) is 16.2. The summed E-state index contributed by atoms with van der Waals surface area (Å²) in [4.78, 5) is 42.2. The number of aryl methyl sites for hydroxylation is 2. The van der Waals surface area contributed by atoms with Crippen LogP contribution in [0.5, 0.6) is 0 Å². The topological polar surface area (TPSA) is 101 Å². The lowest BCUT2D eigenvalue weighted by molar-refractivity contribution is 0.0382. The fourth-order valence-electron chi connectivity index (χ4n) is 2.80. The van der Waals surface area contributed by atoms with E-state index in [2.05, 4.69) is 9.72 Å². The predicted molar refractivity (Wildman–Crippen MR) is 103 cm³/mol. The first-order chi connectivity index (χ1) is 13.2. The fraction of sp³-hybridized carbons (Fsp3) is 0.368. The van der Waals surface area contributed by atoms with E-state index in [1.54, 1.807) is 33.8 Å². The normalized spacial score (nSPS) is 11.2. The van der Waals surface area contributed by atoms with Crippen molar-refractivity contribution in [3.63, 3.8) is 0 Å². The van der Waals surface area contributed by atoms with E-state index in [-0.39, 0.29) is 24.0 Å². The van der Waals surface area contributed by atoms with Crippen molar-refractivity contribution in [2.75, 3.05) is 7.11 Å². The molecule has 3 aromatic rings. The molecule has 0 aliphatic rings. The van der Waals surface area contributed by atoms with E-state index in [1.165, 1.54) is 17.7 Å². The Morgan fingerprint density at radius 1 is 1.25 bits per heavy atom. The average Bonchev–Trinajstić information content (AvgIpc) is 3.22. The second-order valence-electron chi connectivity index (χ2n) is 6.50. The highest BCUT2D eigenvalue weighted by atomic mass is 32.1. The summed E-state index contributed by atoms with van der Waals surface area (Å²) in [6.07, 6.45) is -0.258. The van der Waals surface area contributed by atoms with Gasteiger partial charge in [0.15, 0.2) is 0 Å². The van der Waals surface area contributed by atoms with Gasteiger partial charge in [0.1, 0.15) is 21.3 Å². The second kappa shape index (κ2) is 7.59. The molecule has 28 heavy (non-hydrogen) atoms. The Labute approximate surface area is 164 Å². The highest BCUT2D eigenvalue weighted by Crippen LogP contribution is 2.28. The minimum atomic E-state index is -0.592. The van der Waals surface area contributed by atoms with Crippen LogP contribution in [0.15, 0.2) is 21.3 Å². The van der Waals surface area contributed by atoms with Crippen LogP contribution in [0, 0.1) is 13.8 Å². The highest BCUT2D eigenvalue weighted by molar-refractivity contribution is 7.20. The molecule has 0 saturated carbocycles. The molecule has 0 aliphatic heterocycles. The number of hydrogen-bond donors (Lipinski definition) is 0. The summed E-state index contributed by atoms with van der Waals surface area (Å²) in [5.74, 6) is -0.112. The maximum atomic E-state index is 13.1. The maximum Gasteiger partial charge on any atom is 0.373 e. The van der Waals surface area contributed by atoms with Crippen molar-refractivity contribution in [1.82, 2.24) is 9.55 Å².